The molecule has 4 heteroatoms. The first-order chi connectivity index (χ1) is 6.68. The zero-order valence-electron chi connectivity index (χ0n) is 7.74. The van der Waals surface area contributed by atoms with Gasteiger partial charge < -0.3 is 5.73 Å². The monoisotopic (exact) mass is 191 g/mol. The van der Waals surface area contributed by atoms with Crippen LogP contribution in [0.2, 0.25) is 0 Å². The maximum Gasteiger partial charge on any atom is 0.135 e. The van der Waals surface area contributed by atoms with Crippen molar-refractivity contribution in [1.82, 2.24) is 0 Å². The summed E-state index contributed by atoms with van der Waals surface area (Å²) in [5, 5.41) is 7.67. The van der Waals surface area contributed by atoms with Gasteiger partial charge in [0.2, 0.25) is 0 Å². The first-order valence-corrected chi connectivity index (χ1v) is 4.31. The second-order valence-corrected chi connectivity index (χ2v) is 3.25. The largest absolute Gasteiger partial charge is 0.385 e. The van der Waals surface area contributed by atoms with Crippen molar-refractivity contribution < 1.29 is 4.39 Å². The summed E-state index contributed by atoms with van der Waals surface area (Å²) in [7, 11) is 0. The molecule has 14 heavy (non-hydrogen) atoms. The summed E-state index contributed by atoms with van der Waals surface area (Å²) in [6, 6.07) is 6.22. The molecule has 1 heterocycles. The Balaban J connectivity index is 2.36. The molecule has 1 aromatic rings. The molecular weight excluding hydrogens is 181 g/mol. The van der Waals surface area contributed by atoms with Crippen LogP contribution in [-0.4, -0.2) is 11.5 Å². The van der Waals surface area contributed by atoms with E-state index in [2.05, 4.69) is 10.2 Å². The molecule has 0 saturated carbocycles. The van der Waals surface area contributed by atoms with Crippen molar-refractivity contribution >= 4 is 11.5 Å². The van der Waals surface area contributed by atoms with E-state index in [-0.39, 0.29) is 11.7 Å². The van der Waals surface area contributed by atoms with Crippen molar-refractivity contribution in [1.29, 1.82) is 0 Å². The number of nitrogens with two attached hydrogens (primary N) is 1. The third-order valence-electron chi connectivity index (χ3n) is 2.24. The molecule has 1 atom stereocenters. The van der Waals surface area contributed by atoms with Gasteiger partial charge in [-0.1, -0.05) is 12.1 Å². The molecule has 1 unspecified atom stereocenters. The molecule has 0 spiro atoms. The number of hydrogen-bond donors (Lipinski definition) is 1. The van der Waals surface area contributed by atoms with Crippen LogP contribution in [-0.2, 0) is 0 Å². The molecule has 1 aliphatic heterocycles. The van der Waals surface area contributed by atoms with Gasteiger partial charge in [-0.25, -0.2) is 4.39 Å². The van der Waals surface area contributed by atoms with Crippen LogP contribution in [0.25, 0.3) is 0 Å². The number of rotatable bonds is 1. The summed E-state index contributed by atoms with van der Waals surface area (Å²) in [5.41, 5.74) is 7.45. The Kier molecular flexibility index (Phi) is 2.04. The second-order valence-electron chi connectivity index (χ2n) is 3.25. The average molecular weight is 191 g/mol. The molecule has 0 aromatic heterocycles. The number of nitrogens with zero attached hydrogens (tertiary/aromatic N) is 2. The SMILES string of the molecule is CC1=NN=C(N)C1c1ccc(F)cc1. The fourth-order valence-corrected chi connectivity index (χ4v) is 1.53. The van der Waals surface area contributed by atoms with E-state index >= 15 is 0 Å². The minimum Gasteiger partial charge on any atom is -0.385 e. The normalized spacial score (nSPS) is 20.6. The Labute approximate surface area is 81.2 Å². The predicted octanol–water partition coefficient (Wildman–Crippen LogP) is 1.66. The molecule has 0 aliphatic carbocycles. The van der Waals surface area contributed by atoms with Gasteiger partial charge in [0, 0.05) is 0 Å². The maximum atomic E-state index is 12.7. The van der Waals surface area contributed by atoms with Crippen molar-refractivity contribution in [2.75, 3.05) is 0 Å². The topological polar surface area (TPSA) is 50.7 Å². The summed E-state index contributed by atoms with van der Waals surface area (Å²) in [6.07, 6.45) is 0. The van der Waals surface area contributed by atoms with Crippen molar-refractivity contribution in [3.63, 3.8) is 0 Å². The zero-order chi connectivity index (χ0) is 10.1. The van der Waals surface area contributed by atoms with E-state index in [1.807, 2.05) is 6.92 Å². The van der Waals surface area contributed by atoms with Crippen LogP contribution in [0.15, 0.2) is 34.5 Å². The molecule has 2 rings (SSSR count). The maximum absolute atomic E-state index is 12.7. The predicted molar refractivity (Wildman–Crippen MR) is 53.9 cm³/mol. The molecule has 3 nitrogen and oxygen atoms in total. The number of hydrogen-bond acceptors (Lipinski definition) is 3. The third-order valence-corrected chi connectivity index (χ3v) is 2.24. The minimum absolute atomic E-state index is 0.0874. The van der Waals surface area contributed by atoms with Crippen LogP contribution < -0.4 is 5.73 Å². The third kappa shape index (κ3) is 1.39. The van der Waals surface area contributed by atoms with Crippen molar-refractivity contribution in [3.05, 3.63) is 35.6 Å². The lowest BCUT2D eigenvalue weighted by Gasteiger charge is -2.10. The van der Waals surface area contributed by atoms with Gasteiger partial charge in [0.05, 0.1) is 11.6 Å². The highest BCUT2D eigenvalue weighted by atomic mass is 19.1. The Bertz CT molecular complexity index is 388. The van der Waals surface area contributed by atoms with E-state index in [0.29, 0.717) is 5.84 Å². The summed E-state index contributed by atoms with van der Waals surface area (Å²) >= 11 is 0. The van der Waals surface area contributed by atoms with Gasteiger partial charge in [-0.3, -0.25) is 0 Å². The van der Waals surface area contributed by atoms with E-state index in [1.165, 1.54) is 12.1 Å². The molecule has 72 valence electrons. The van der Waals surface area contributed by atoms with Gasteiger partial charge >= 0.3 is 0 Å². The molecule has 0 bridgehead atoms. The summed E-state index contributed by atoms with van der Waals surface area (Å²) in [5.74, 6) is 0.126. The fourth-order valence-electron chi connectivity index (χ4n) is 1.53. The fraction of sp³-hybridized carbons (Fsp3) is 0.200. The quantitative estimate of drug-likeness (QED) is 0.721. The summed E-state index contributed by atoms with van der Waals surface area (Å²) < 4.78 is 12.7. The first kappa shape index (κ1) is 8.87. The molecule has 2 N–H and O–H groups in total. The lowest BCUT2D eigenvalue weighted by Crippen LogP contribution is -2.23. The van der Waals surface area contributed by atoms with Crippen LogP contribution >= 0.6 is 0 Å². The lowest BCUT2D eigenvalue weighted by molar-refractivity contribution is 0.627. The number of amidine groups is 1. The Hall–Kier alpha value is -1.71. The van der Waals surface area contributed by atoms with Gasteiger partial charge in [-0.2, -0.15) is 5.10 Å². The van der Waals surface area contributed by atoms with E-state index in [4.69, 9.17) is 5.73 Å². The van der Waals surface area contributed by atoms with Crippen molar-refractivity contribution in [2.45, 2.75) is 12.8 Å². The van der Waals surface area contributed by atoms with Gasteiger partial charge in [0.15, 0.2) is 0 Å². The van der Waals surface area contributed by atoms with Gasteiger partial charge in [0.25, 0.3) is 0 Å². The number of halogens is 1. The molecular formula is C10H10FN3. The highest BCUT2D eigenvalue weighted by molar-refractivity contribution is 6.12. The minimum atomic E-state index is -0.253. The molecule has 0 amide bonds. The van der Waals surface area contributed by atoms with E-state index in [1.54, 1.807) is 12.1 Å². The van der Waals surface area contributed by atoms with Crippen LogP contribution in [0.4, 0.5) is 4.39 Å². The second kappa shape index (κ2) is 3.21. The Morgan fingerprint density at radius 3 is 2.36 bits per heavy atom. The van der Waals surface area contributed by atoms with Crippen LogP contribution in [0.1, 0.15) is 18.4 Å². The van der Waals surface area contributed by atoms with E-state index in [9.17, 15) is 4.39 Å². The smallest absolute Gasteiger partial charge is 0.135 e. The van der Waals surface area contributed by atoms with Crippen LogP contribution in [0.3, 0.4) is 0 Å². The summed E-state index contributed by atoms with van der Waals surface area (Å²) in [4.78, 5) is 0. The van der Waals surface area contributed by atoms with Crippen LogP contribution in [0, 0.1) is 5.82 Å². The molecule has 0 fully saturated rings. The van der Waals surface area contributed by atoms with Gasteiger partial charge in [-0.15, -0.1) is 5.10 Å². The highest BCUT2D eigenvalue weighted by Gasteiger charge is 2.23. The Morgan fingerprint density at radius 1 is 1.21 bits per heavy atom. The Morgan fingerprint density at radius 2 is 1.86 bits per heavy atom. The van der Waals surface area contributed by atoms with Crippen LogP contribution in [0.5, 0.6) is 0 Å². The number of benzene rings is 1. The average Bonchev–Trinajstić information content (AvgIpc) is 2.49. The van der Waals surface area contributed by atoms with E-state index < -0.39 is 0 Å². The lowest BCUT2D eigenvalue weighted by atomic mass is 9.94. The summed E-state index contributed by atoms with van der Waals surface area (Å²) in [6.45, 7) is 1.86. The molecule has 1 aliphatic rings. The highest BCUT2D eigenvalue weighted by Crippen LogP contribution is 2.22. The van der Waals surface area contributed by atoms with E-state index in [0.717, 1.165) is 11.3 Å². The molecule has 0 saturated heterocycles. The first-order valence-electron chi connectivity index (χ1n) is 4.31. The molecule has 0 radical (unpaired) electrons. The van der Waals surface area contributed by atoms with Gasteiger partial charge in [-0.05, 0) is 24.6 Å². The van der Waals surface area contributed by atoms with Crippen molar-refractivity contribution in [3.8, 4) is 0 Å². The zero-order valence-corrected chi connectivity index (χ0v) is 7.74. The standard InChI is InChI=1S/C10H10FN3/c1-6-9(10(12)14-13-6)7-2-4-8(11)5-3-7/h2-5,9H,1H3,(H2,12,14). The van der Waals surface area contributed by atoms with Crippen molar-refractivity contribution in [2.24, 2.45) is 15.9 Å². The van der Waals surface area contributed by atoms with Gasteiger partial charge in [0.1, 0.15) is 11.7 Å². The molecule has 1 aromatic carbocycles.